The van der Waals surface area contributed by atoms with Crippen LogP contribution in [0.25, 0.3) is 0 Å². The van der Waals surface area contributed by atoms with Crippen LogP contribution in [-0.2, 0) is 11.2 Å². The van der Waals surface area contributed by atoms with Crippen LogP contribution >= 0.6 is 0 Å². The highest BCUT2D eigenvalue weighted by molar-refractivity contribution is 5.94. The van der Waals surface area contributed by atoms with Gasteiger partial charge >= 0.3 is 0 Å². The first-order chi connectivity index (χ1) is 12.1. The Kier molecular flexibility index (Phi) is 5.38. The molecule has 0 bridgehead atoms. The molecule has 1 aromatic carbocycles. The number of ether oxygens (including phenoxy) is 1. The third-order valence-corrected chi connectivity index (χ3v) is 4.84. The minimum atomic E-state index is -0.611. The fourth-order valence-electron chi connectivity index (χ4n) is 3.35. The molecule has 1 aliphatic carbocycles. The van der Waals surface area contributed by atoms with E-state index in [0.717, 1.165) is 35.5 Å². The van der Waals surface area contributed by atoms with Crippen LogP contribution in [0, 0.1) is 6.92 Å². The SMILES string of the molecule is COc1ccc(C[C@H](N)C(=O)Nc2c(C)cnn2C2CCCC2)cc1. The summed E-state index contributed by atoms with van der Waals surface area (Å²) in [5.41, 5.74) is 8.09. The molecule has 0 unspecified atom stereocenters. The molecule has 1 saturated carbocycles. The standard InChI is InChI=1S/C19H26N4O2/c1-13-12-21-23(15-5-3-4-6-15)18(13)22-19(24)17(20)11-14-7-9-16(25-2)10-8-14/h7-10,12,15,17H,3-6,11,20H2,1-2H3,(H,22,24)/t17-/m0/s1. The van der Waals surface area contributed by atoms with Gasteiger partial charge in [-0.25, -0.2) is 4.68 Å². The van der Waals surface area contributed by atoms with Gasteiger partial charge in [0, 0.05) is 5.56 Å². The molecule has 25 heavy (non-hydrogen) atoms. The van der Waals surface area contributed by atoms with Gasteiger partial charge in [0.2, 0.25) is 5.91 Å². The molecular formula is C19H26N4O2. The molecular weight excluding hydrogens is 316 g/mol. The van der Waals surface area contributed by atoms with Crippen molar-refractivity contribution in [2.45, 2.75) is 51.1 Å². The lowest BCUT2D eigenvalue weighted by atomic mass is 10.1. The van der Waals surface area contributed by atoms with Crippen molar-refractivity contribution in [3.05, 3.63) is 41.6 Å². The molecule has 2 aromatic rings. The first-order valence-electron chi connectivity index (χ1n) is 8.82. The van der Waals surface area contributed by atoms with Gasteiger partial charge in [-0.05, 0) is 43.9 Å². The van der Waals surface area contributed by atoms with Crippen LogP contribution < -0.4 is 15.8 Å². The predicted octanol–water partition coefficient (Wildman–Crippen LogP) is 2.82. The largest absolute Gasteiger partial charge is 0.497 e. The lowest BCUT2D eigenvalue weighted by Gasteiger charge is -2.17. The number of nitrogens with two attached hydrogens (primary N) is 1. The van der Waals surface area contributed by atoms with Gasteiger partial charge in [-0.1, -0.05) is 25.0 Å². The Bertz CT molecular complexity index is 718. The van der Waals surface area contributed by atoms with Gasteiger partial charge in [-0.2, -0.15) is 5.10 Å². The normalized spacial score (nSPS) is 16.0. The third kappa shape index (κ3) is 4.02. The Morgan fingerprint density at radius 1 is 1.36 bits per heavy atom. The molecule has 3 rings (SSSR count). The lowest BCUT2D eigenvalue weighted by molar-refractivity contribution is -0.117. The summed E-state index contributed by atoms with van der Waals surface area (Å²) in [7, 11) is 1.63. The molecule has 0 radical (unpaired) electrons. The van der Waals surface area contributed by atoms with Gasteiger partial charge in [0.1, 0.15) is 11.6 Å². The van der Waals surface area contributed by atoms with Gasteiger partial charge in [-0.15, -0.1) is 0 Å². The summed E-state index contributed by atoms with van der Waals surface area (Å²) >= 11 is 0. The van der Waals surface area contributed by atoms with E-state index < -0.39 is 6.04 Å². The van der Waals surface area contributed by atoms with E-state index in [4.69, 9.17) is 10.5 Å². The van der Waals surface area contributed by atoms with Crippen LogP contribution in [0.2, 0.25) is 0 Å². The molecule has 6 nitrogen and oxygen atoms in total. The van der Waals surface area contributed by atoms with Crippen LogP contribution in [0.5, 0.6) is 5.75 Å². The molecule has 3 N–H and O–H groups in total. The fraction of sp³-hybridized carbons (Fsp3) is 0.474. The smallest absolute Gasteiger partial charge is 0.242 e. The van der Waals surface area contributed by atoms with E-state index in [1.807, 2.05) is 42.1 Å². The number of hydrogen-bond donors (Lipinski definition) is 2. The van der Waals surface area contributed by atoms with Crippen molar-refractivity contribution in [1.82, 2.24) is 9.78 Å². The summed E-state index contributed by atoms with van der Waals surface area (Å²) in [6.07, 6.45) is 6.95. The molecule has 0 saturated heterocycles. The maximum absolute atomic E-state index is 12.6. The molecule has 1 amide bonds. The highest BCUT2D eigenvalue weighted by Gasteiger charge is 2.23. The minimum Gasteiger partial charge on any atom is -0.497 e. The van der Waals surface area contributed by atoms with Gasteiger partial charge in [-0.3, -0.25) is 4.79 Å². The second-order valence-corrected chi connectivity index (χ2v) is 6.71. The number of methoxy groups -OCH3 is 1. The Morgan fingerprint density at radius 3 is 2.68 bits per heavy atom. The Labute approximate surface area is 148 Å². The number of nitrogens with zero attached hydrogens (tertiary/aromatic N) is 2. The number of nitrogens with one attached hydrogen (secondary N) is 1. The van der Waals surface area contributed by atoms with Crippen LogP contribution in [-0.4, -0.2) is 28.8 Å². The molecule has 1 atom stereocenters. The Hall–Kier alpha value is -2.34. The molecule has 6 heteroatoms. The van der Waals surface area contributed by atoms with Crippen molar-refractivity contribution in [3.63, 3.8) is 0 Å². The van der Waals surface area contributed by atoms with Crippen molar-refractivity contribution in [2.24, 2.45) is 5.73 Å². The number of carbonyl (C=O) groups excluding carboxylic acids is 1. The predicted molar refractivity (Wildman–Crippen MR) is 97.8 cm³/mol. The number of benzene rings is 1. The van der Waals surface area contributed by atoms with Crippen LogP contribution in [0.4, 0.5) is 5.82 Å². The van der Waals surface area contributed by atoms with E-state index in [1.165, 1.54) is 12.8 Å². The number of hydrogen-bond acceptors (Lipinski definition) is 4. The van der Waals surface area contributed by atoms with Crippen molar-refractivity contribution in [2.75, 3.05) is 12.4 Å². The van der Waals surface area contributed by atoms with E-state index in [2.05, 4.69) is 10.4 Å². The fourth-order valence-corrected chi connectivity index (χ4v) is 3.35. The van der Waals surface area contributed by atoms with Crippen LogP contribution in [0.15, 0.2) is 30.5 Å². The van der Waals surface area contributed by atoms with Crippen molar-refractivity contribution < 1.29 is 9.53 Å². The zero-order valence-corrected chi connectivity index (χ0v) is 14.9. The maximum atomic E-state index is 12.6. The van der Waals surface area contributed by atoms with E-state index >= 15 is 0 Å². The molecule has 1 aliphatic rings. The monoisotopic (exact) mass is 342 g/mol. The zero-order valence-electron chi connectivity index (χ0n) is 14.9. The molecule has 0 spiro atoms. The van der Waals surface area contributed by atoms with Crippen molar-refractivity contribution in [3.8, 4) is 5.75 Å². The first-order valence-corrected chi connectivity index (χ1v) is 8.82. The van der Waals surface area contributed by atoms with Crippen LogP contribution in [0.1, 0.15) is 42.9 Å². The number of carbonyl (C=O) groups is 1. The first kappa shape index (κ1) is 17.5. The summed E-state index contributed by atoms with van der Waals surface area (Å²) in [6.45, 7) is 1.96. The van der Waals surface area contributed by atoms with E-state index in [1.54, 1.807) is 7.11 Å². The highest BCUT2D eigenvalue weighted by Crippen LogP contribution is 2.32. The van der Waals surface area contributed by atoms with Gasteiger partial charge in [0.15, 0.2) is 0 Å². The topological polar surface area (TPSA) is 82.2 Å². The summed E-state index contributed by atoms with van der Waals surface area (Å²) in [6, 6.07) is 7.37. The summed E-state index contributed by atoms with van der Waals surface area (Å²) < 4.78 is 7.11. The quantitative estimate of drug-likeness (QED) is 0.846. The van der Waals surface area contributed by atoms with Gasteiger partial charge < -0.3 is 15.8 Å². The molecule has 1 heterocycles. The van der Waals surface area contributed by atoms with Gasteiger partial charge in [0.25, 0.3) is 0 Å². The minimum absolute atomic E-state index is 0.182. The highest BCUT2D eigenvalue weighted by atomic mass is 16.5. The second-order valence-electron chi connectivity index (χ2n) is 6.71. The van der Waals surface area contributed by atoms with Crippen LogP contribution in [0.3, 0.4) is 0 Å². The molecule has 0 aliphatic heterocycles. The zero-order chi connectivity index (χ0) is 17.8. The Balaban J connectivity index is 1.66. The van der Waals surface area contributed by atoms with E-state index in [-0.39, 0.29) is 5.91 Å². The van der Waals surface area contributed by atoms with Crippen molar-refractivity contribution >= 4 is 11.7 Å². The number of aryl methyl sites for hydroxylation is 1. The number of rotatable bonds is 6. The summed E-state index contributed by atoms with van der Waals surface area (Å²) in [5, 5.41) is 7.45. The average molecular weight is 342 g/mol. The molecule has 1 fully saturated rings. The number of amides is 1. The maximum Gasteiger partial charge on any atom is 0.242 e. The molecule has 1 aromatic heterocycles. The second kappa shape index (κ2) is 7.70. The average Bonchev–Trinajstić information content (AvgIpc) is 3.26. The Morgan fingerprint density at radius 2 is 2.04 bits per heavy atom. The lowest BCUT2D eigenvalue weighted by Crippen LogP contribution is -2.38. The summed E-state index contributed by atoms with van der Waals surface area (Å²) in [4.78, 5) is 12.6. The van der Waals surface area contributed by atoms with E-state index in [9.17, 15) is 4.79 Å². The molecule has 134 valence electrons. The van der Waals surface area contributed by atoms with Crippen molar-refractivity contribution in [1.29, 1.82) is 0 Å². The summed E-state index contributed by atoms with van der Waals surface area (Å²) in [5.74, 6) is 1.39. The number of anilines is 1. The number of aromatic nitrogens is 2. The third-order valence-electron chi connectivity index (χ3n) is 4.84. The van der Waals surface area contributed by atoms with E-state index in [0.29, 0.717) is 12.5 Å². The van der Waals surface area contributed by atoms with Gasteiger partial charge in [0.05, 0.1) is 25.4 Å².